The number of hydrogen-bond acceptors (Lipinski definition) is 1. The molecule has 0 atom stereocenters. The van der Waals surface area contributed by atoms with Gasteiger partial charge in [0.1, 0.15) is 10.8 Å². The first-order valence-electron chi connectivity index (χ1n) is 4.57. The number of halogens is 3. The van der Waals surface area contributed by atoms with Crippen molar-refractivity contribution in [2.24, 2.45) is 0 Å². The standard InChI is InChI=1S/C11H10ClF2NO/c1-7(16)15-6-2-3-8-4-5-9(13)10(12)11(8)14/h2-5H,6H2,1H3,(H,15,16). The summed E-state index contributed by atoms with van der Waals surface area (Å²) in [6, 6.07) is 2.37. The molecule has 1 amide bonds. The fourth-order valence-electron chi connectivity index (χ4n) is 1.06. The lowest BCUT2D eigenvalue weighted by Gasteiger charge is -2.00. The molecule has 1 aromatic carbocycles. The molecule has 0 spiro atoms. The van der Waals surface area contributed by atoms with Crippen molar-refractivity contribution < 1.29 is 13.6 Å². The molecule has 0 aliphatic rings. The number of rotatable bonds is 3. The number of benzene rings is 1. The van der Waals surface area contributed by atoms with Crippen molar-refractivity contribution in [3.05, 3.63) is 40.4 Å². The van der Waals surface area contributed by atoms with Crippen LogP contribution in [0.4, 0.5) is 8.78 Å². The molecule has 5 heteroatoms. The van der Waals surface area contributed by atoms with E-state index in [0.717, 1.165) is 6.07 Å². The molecule has 0 bridgehead atoms. The highest BCUT2D eigenvalue weighted by Gasteiger charge is 2.08. The summed E-state index contributed by atoms with van der Waals surface area (Å²) in [6.45, 7) is 1.66. The lowest BCUT2D eigenvalue weighted by Crippen LogP contribution is -2.19. The first kappa shape index (κ1) is 12.6. The highest BCUT2D eigenvalue weighted by molar-refractivity contribution is 6.31. The lowest BCUT2D eigenvalue weighted by atomic mass is 10.2. The molecule has 0 aliphatic heterocycles. The molecule has 0 heterocycles. The van der Waals surface area contributed by atoms with Gasteiger partial charge >= 0.3 is 0 Å². The van der Waals surface area contributed by atoms with E-state index in [4.69, 9.17) is 11.6 Å². The van der Waals surface area contributed by atoms with Crippen molar-refractivity contribution in [3.8, 4) is 0 Å². The van der Waals surface area contributed by atoms with Gasteiger partial charge in [-0.2, -0.15) is 0 Å². The minimum atomic E-state index is -0.805. The molecule has 0 unspecified atom stereocenters. The van der Waals surface area contributed by atoms with Crippen LogP contribution in [-0.4, -0.2) is 12.5 Å². The molecule has 1 N–H and O–H groups in total. The number of carbonyl (C=O) groups is 1. The maximum atomic E-state index is 13.3. The molecule has 1 rings (SSSR count). The quantitative estimate of drug-likeness (QED) is 0.816. The van der Waals surface area contributed by atoms with E-state index in [9.17, 15) is 13.6 Å². The highest BCUT2D eigenvalue weighted by Crippen LogP contribution is 2.22. The summed E-state index contributed by atoms with van der Waals surface area (Å²) in [5.74, 6) is -1.78. The van der Waals surface area contributed by atoms with Gasteiger partial charge in [-0.1, -0.05) is 23.8 Å². The van der Waals surface area contributed by atoms with E-state index in [-0.39, 0.29) is 18.0 Å². The predicted molar refractivity (Wildman–Crippen MR) is 59.1 cm³/mol. The summed E-state index contributed by atoms with van der Waals surface area (Å²) in [5.41, 5.74) is 0.178. The molecule has 86 valence electrons. The molecule has 0 aromatic heterocycles. The van der Waals surface area contributed by atoms with Crippen molar-refractivity contribution in [2.45, 2.75) is 6.92 Å². The van der Waals surface area contributed by atoms with Gasteiger partial charge in [-0.05, 0) is 12.1 Å². The molecular formula is C11H10ClF2NO. The molecule has 1 aromatic rings. The van der Waals surface area contributed by atoms with Crippen molar-refractivity contribution in [2.75, 3.05) is 6.54 Å². The molecule has 0 aliphatic carbocycles. The minimum absolute atomic E-state index is 0.178. The van der Waals surface area contributed by atoms with E-state index in [1.54, 1.807) is 6.08 Å². The van der Waals surface area contributed by atoms with Gasteiger partial charge in [0, 0.05) is 19.0 Å². The van der Waals surface area contributed by atoms with Crippen LogP contribution in [0.1, 0.15) is 12.5 Å². The maximum Gasteiger partial charge on any atom is 0.217 e. The normalized spacial score (nSPS) is 10.8. The van der Waals surface area contributed by atoms with Gasteiger partial charge in [0.2, 0.25) is 5.91 Å². The Morgan fingerprint density at radius 3 is 2.81 bits per heavy atom. The number of hydrogen-bond donors (Lipinski definition) is 1. The van der Waals surface area contributed by atoms with E-state index < -0.39 is 16.7 Å². The van der Waals surface area contributed by atoms with E-state index in [1.165, 1.54) is 19.1 Å². The highest BCUT2D eigenvalue weighted by atomic mass is 35.5. The largest absolute Gasteiger partial charge is 0.353 e. The number of nitrogens with one attached hydrogen (secondary N) is 1. The fourth-order valence-corrected chi connectivity index (χ4v) is 1.23. The van der Waals surface area contributed by atoms with Crippen LogP contribution in [0.15, 0.2) is 18.2 Å². The van der Waals surface area contributed by atoms with Gasteiger partial charge in [0.15, 0.2) is 5.82 Å². The Morgan fingerprint density at radius 2 is 2.19 bits per heavy atom. The second-order valence-corrected chi connectivity index (χ2v) is 3.48. The summed E-state index contributed by atoms with van der Waals surface area (Å²) in [5, 5.41) is 1.98. The summed E-state index contributed by atoms with van der Waals surface area (Å²) in [6.07, 6.45) is 2.98. The molecular weight excluding hydrogens is 236 g/mol. The van der Waals surface area contributed by atoms with Crippen LogP contribution in [0, 0.1) is 11.6 Å². The van der Waals surface area contributed by atoms with Gasteiger partial charge in [-0.15, -0.1) is 0 Å². The zero-order valence-electron chi connectivity index (χ0n) is 8.56. The van der Waals surface area contributed by atoms with Crippen LogP contribution in [0.2, 0.25) is 5.02 Å². The minimum Gasteiger partial charge on any atom is -0.353 e. The Hall–Kier alpha value is -1.42. The smallest absolute Gasteiger partial charge is 0.217 e. The van der Waals surface area contributed by atoms with Crippen LogP contribution >= 0.6 is 11.6 Å². The van der Waals surface area contributed by atoms with Gasteiger partial charge < -0.3 is 5.32 Å². The van der Waals surface area contributed by atoms with Crippen LogP contribution < -0.4 is 5.32 Å². The number of carbonyl (C=O) groups excluding carboxylic acids is 1. The summed E-state index contributed by atoms with van der Waals surface area (Å²) >= 11 is 5.39. The van der Waals surface area contributed by atoms with E-state index in [1.807, 2.05) is 0 Å². The molecule has 0 saturated carbocycles. The van der Waals surface area contributed by atoms with E-state index in [0.29, 0.717) is 0 Å². The Kier molecular flexibility index (Phi) is 4.43. The summed E-state index contributed by atoms with van der Waals surface area (Å²) in [4.78, 5) is 10.5. The zero-order valence-corrected chi connectivity index (χ0v) is 9.31. The summed E-state index contributed by atoms with van der Waals surface area (Å²) in [7, 11) is 0. The Labute approximate surface area is 96.9 Å². The van der Waals surface area contributed by atoms with Crippen LogP contribution in [0.3, 0.4) is 0 Å². The maximum absolute atomic E-state index is 13.3. The van der Waals surface area contributed by atoms with Gasteiger partial charge in [-0.25, -0.2) is 8.78 Å². The lowest BCUT2D eigenvalue weighted by molar-refractivity contribution is -0.118. The van der Waals surface area contributed by atoms with Crippen molar-refractivity contribution in [3.63, 3.8) is 0 Å². The molecule has 2 nitrogen and oxygen atoms in total. The Morgan fingerprint density at radius 1 is 1.50 bits per heavy atom. The first-order chi connectivity index (χ1) is 7.52. The van der Waals surface area contributed by atoms with E-state index >= 15 is 0 Å². The molecule has 0 saturated heterocycles. The summed E-state index contributed by atoms with van der Waals surface area (Å²) < 4.78 is 26.1. The molecule has 0 fully saturated rings. The predicted octanol–water partition coefficient (Wildman–Crippen LogP) is 2.77. The van der Waals surface area contributed by atoms with Gasteiger partial charge in [-0.3, -0.25) is 4.79 Å². The van der Waals surface area contributed by atoms with Crippen molar-refractivity contribution >= 4 is 23.6 Å². The van der Waals surface area contributed by atoms with Crippen LogP contribution in [0.5, 0.6) is 0 Å². The third-order valence-electron chi connectivity index (χ3n) is 1.83. The second-order valence-electron chi connectivity index (χ2n) is 3.10. The number of amides is 1. The van der Waals surface area contributed by atoms with Crippen molar-refractivity contribution in [1.29, 1.82) is 0 Å². The van der Waals surface area contributed by atoms with Crippen LogP contribution in [-0.2, 0) is 4.79 Å². The SMILES string of the molecule is CC(=O)NCC=Cc1ccc(F)c(Cl)c1F. The third-order valence-corrected chi connectivity index (χ3v) is 2.18. The third kappa shape index (κ3) is 3.31. The second kappa shape index (κ2) is 5.61. The average molecular weight is 246 g/mol. The van der Waals surface area contributed by atoms with Crippen LogP contribution in [0.25, 0.3) is 6.08 Å². The molecule has 16 heavy (non-hydrogen) atoms. The molecule has 0 radical (unpaired) electrons. The Bertz CT molecular complexity index is 432. The van der Waals surface area contributed by atoms with Crippen molar-refractivity contribution in [1.82, 2.24) is 5.32 Å². The van der Waals surface area contributed by atoms with E-state index in [2.05, 4.69) is 5.32 Å². The van der Waals surface area contributed by atoms with Gasteiger partial charge in [0.05, 0.1) is 0 Å². The Balaban J connectivity index is 2.74. The fraction of sp³-hybridized carbons (Fsp3) is 0.182. The monoisotopic (exact) mass is 245 g/mol. The zero-order chi connectivity index (χ0) is 12.1. The first-order valence-corrected chi connectivity index (χ1v) is 4.94. The van der Waals surface area contributed by atoms with Gasteiger partial charge in [0.25, 0.3) is 0 Å². The average Bonchev–Trinajstić information content (AvgIpc) is 2.23. The topological polar surface area (TPSA) is 29.1 Å².